The van der Waals surface area contributed by atoms with E-state index in [9.17, 15) is 4.79 Å². The van der Waals surface area contributed by atoms with Crippen LogP contribution in [-0.4, -0.2) is 78.7 Å². The maximum Gasteiger partial charge on any atom is 0.251 e. The first-order chi connectivity index (χ1) is 14.2. The molecule has 8 nitrogen and oxygen atoms in total. The summed E-state index contributed by atoms with van der Waals surface area (Å²) in [6, 6.07) is 3.91. The fraction of sp³-hybridized carbons (Fsp3) is 0.667. The fourth-order valence-corrected chi connectivity index (χ4v) is 3.57. The molecule has 0 spiro atoms. The molecular formula is C21H34IN5O3. The number of hydrogen-bond donors (Lipinski definition) is 1. The van der Waals surface area contributed by atoms with Crippen LogP contribution < -0.4 is 10.1 Å². The number of aliphatic imine (C=N–C) groups is 1. The number of amides is 1. The Bertz CT molecular complexity index is 689. The van der Waals surface area contributed by atoms with E-state index in [-0.39, 0.29) is 36.0 Å². The number of rotatable bonds is 7. The topological polar surface area (TPSA) is 79.3 Å². The highest BCUT2D eigenvalue weighted by atomic mass is 127. The predicted molar refractivity (Wildman–Crippen MR) is 127 cm³/mol. The monoisotopic (exact) mass is 531 g/mol. The van der Waals surface area contributed by atoms with Gasteiger partial charge in [-0.05, 0) is 32.3 Å². The van der Waals surface area contributed by atoms with Gasteiger partial charge in [0.05, 0.1) is 13.2 Å². The minimum absolute atomic E-state index is 0. The van der Waals surface area contributed by atoms with Gasteiger partial charge in [-0.15, -0.1) is 24.0 Å². The Hall–Kier alpha value is -1.62. The number of pyridine rings is 1. The van der Waals surface area contributed by atoms with Crippen molar-refractivity contribution in [1.29, 1.82) is 0 Å². The van der Waals surface area contributed by atoms with E-state index < -0.39 is 0 Å². The Balaban J connectivity index is 0.00000320. The zero-order chi connectivity index (χ0) is 20.5. The highest BCUT2D eigenvalue weighted by molar-refractivity contribution is 14.0. The van der Waals surface area contributed by atoms with Gasteiger partial charge in [-0.25, -0.2) is 9.98 Å². The second kappa shape index (κ2) is 12.9. The average Bonchev–Trinajstić information content (AvgIpc) is 3.30. The number of nitrogens with zero attached hydrogens (tertiary/aromatic N) is 4. The van der Waals surface area contributed by atoms with Crippen LogP contribution in [0.5, 0.6) is 5.88 Å². The van der Waals surface area contributed by atoms with Gasteiger partial charge in [0.2, 0.25) is 5.88 Å². The Labute approximate surface area is 196 Å². The molecule has 1 amide bonds. The SMILES string of the molecule is CCCOc1ncccc1CN=C(NCC)N1CCN(C(=O)C2CCCO2)CC1.I. The number of piperazine rings is 1. The molecule has 0 bridgehead atoms. The van der Waals surface area contributed by atoms with E-state index in [2.05, 4.69) is 29.0 Å². The summed E-state index contributed by atoms with van der Waals surface area (Å²) in [6.45, 7) is 9.69. The van der Waals surface area contributed by atoms with Crippen LogP contribution in [0, 0.1) is 0 Å². The first-order valence-corrected chi connectivity index (χ1v) is 10.7. The van der Waals surface area contributed by atoms with Crippen LogP contribution in [0.4, 0.5) is 0 Å². The van der Waals surface area contributed by atoms with Crippen molar-refractivity contribution >= 4 is 35.8 Å². The lowest BCUT2D eigenvalue weighted by atomic mass is 10.2. The standard InChI is InChI=1S/C21H33N5O3.HI/c1-3-14-29-19-17(7-5-9-23-19)16-24-21(22-4-2)26-12-10-25(11-13-26)20(27)18-8-6-15-28-18;/h5,7,9,18H,3-4,6,8,10-16H2,1-2H3,(H,22,24);1H. The number of nitrogens with one attached hydrogen (secondary N) is 1. The van der Waals surface area contributed by atoms with Gasteiger partial charge in [-0.2, -0.15) is 0 Å². The molecule has 3 rings (SSSR count). The van der Waals surface area contributed by atoms with E-state index >= 15 is 0 Å². The summed E-state index contributed by atoms with van der Waals surface area (Å²) < 4.78 is 11.3. The summed E-state index contributed by atoms with van der Waals surface area (Å²) in [7, 11) is 0. The van der Waals surface area contributed by atoms with Gasteiger partial charge in [0, 0.05) is 51.1 Å². The lowest BCUT2D eigenvalue weighted by Crippen LogP contribution is -2.55. The van der Waals surface area contributed by atoms with E-state index in [1.165, 1.54) is 0 Å². The molecule has 1 aromatic rings. The third kappa shape index (κ3) is 6.69. The highest BCUT2D eigenvalue weighted by Gasteiger charge is 2.30. The van der Waals surface area contributed by atoms with Gasteiger partial charge in [0.25, 0.3) is 5.91 Å². The number of aromatic nitrogens is 1. The predicted octanol–water partition coefficient (Wildman–Crippen LogP) is 2.28. The zero-order valence-electron chi connectivity index (χ0n) is 18.0. The molecule has 30 heavy (non-hydrogen) atoms. The van der Waals surface area contributed by atoms with Crippen molar-refractivity contribution in [2.75, 3.05) is 45.9 Å². The molecule has 1 N–H and O–H groups in total. The molecule has 0 aliphatic carbocycles. The van der Waals surface area contributed by atoms with Gasteiger partial charge in [0.15, 0.2) is 5.96 Å². The maximum atomic E-state index is 12.6. The van der Waals surface area contributed by atoms with Crippen LogP contribution in [-0.2, 0) is 16.1 Å². The Morgan fingerprint density at radius 1 is 1.30 bits per heavy atom. The van der Waals surface area contributed by atoms with Gasteiger partial charge < -0.3 is 24.6 Å². The molecule has 168 valence electrons. The summed E-state index contributed by atoms with van der Waals surface area (Å²) in [6.07, 6.45) is 4.27. The molecule has 0 radical (unpaired) electrons. The average molecular weight is 531 g/mol. The van der Waals surface area contributed by atoms with E-state index in [0.29, 0.717) is 38.7 Å². The molecule has 0 aromatic carbocycles. The molecule has 2 fully saturated rings. The lowest BCUT2D eigenvalue weighted by Gasteiger charge is -2.37. The number of carbonyl (C=O) groups is 1. The van der Waals surface area contributed by atoms with Gasteiger partial charge in [-0.1, -0.05) is 13.0 Å². The molecule has 0 saturated carbocycles. The number of guanidine groups is 1. The second-order valence-electron chi connectivity index (χ2n) is 7.30. The molecule has 2 aliphatic rings. The molecular weight excluding hydrogens is 497 g/mol. The Morgan fingerprint density at radius 3 is 2.73 bits per heavy atom. The smallest absolute Gasteiger partial charge is 0.251 e. The first-order valence-electron chi connectivity index (χ1n) is 10.7. The molecule has 1 unspecified atom stereocenters. The molecule has 1 atom stereocenters. The zero-order valence-corrected chi connectivity index (χ0v) is 20.3. The Kier molecular flexibility index (Phi) is 10.6. The minimum Gasteiger partial charge on any atom is -0.477 e. The molecule has 3 heterocycles. The number of carbonyl (C=O) groups excluding carboxylic acids is 1. The summed E-state index contributed by atoms with van der Waals surface area (Å²) in [5.41, 5.74) is 0.976. The van der Waals surface area contributed by atoms with Crippen LogP contribution >= 0.6 is 24.0 Å². The van der Waals surface area contributed by atoms with Gasteiger partial charge in [-0.3, -0.25) is 4.79 Å². The molecule has 1 aromatic heterocycles. The van der Waals surface area contributed by atoms with Gasteiger partial charge in [0.1, 0.15) is 6.10 Å². The Morgan fingerprint density at radius 2 is 2.07 bits per heavy atom. The van der Waals surface area contributed by atoms with Gasteiger partial charge >= 0.3 is 0 Å². The maximum absolute atomic E-state index is 12.6. The molecule has 2 saturated heterocycles. The molecule has 9 heteroatoms. The molecule has 2 aliphatic heterocycles. The third-order valence-electron chi connectivity index (χ3n) is 5.12. The largest absolute Gasteiger partial charge is 0.477 e. The summed E-state index contributed by atoms with van der Waals surface area (Å²) in [5.74, 6) is 1.65. The van der Waals surface area contributed by atoms with Crippen molar-refractivity contribution in [2.45, 2.75) is 45.8 Å². The van der Waals surface area contributed by atoms with Crippen molar-refractivity contribution in [3.63, 3.8) is 0 Å². The van der Waals surface area contributed by atoms with Crippen LogP contribution in [0.1, 0.15) is 38.7 Å². The fourth-order valence-electron chi connectivity index (χ4n) is 3.57. The minimum atomic E-state index is -0.240. The normalized spacial score (nSPS) is 19.4. The summed E-state index contributed by atoms with van der Waals surface area (Å²) in [4.78, 5) is 25.8. The summed E-state index contributed by atoms with van der Waals surface area (Å²) in [5, 5.41) is 3.37. The van der Waals surface area contributed by atoms with E-state index in [0.717, 1.165) is 50.4 Å². The van der Waals surface area contributed by atoms with Crippen molar-refractivity contribution < 1.29 is 14.3 Å². The van der Waals surface area contributed by atoms with Crippen molar-refractivity contribution in [3.05, 3.63) is 23.9 Å². The number of halogens is 1. The van der Waals surface area contributed by atoms with E-state index in [1.807, 2.05) is 17.0 Å². The summed E-state index contributed by atoms with van der Waals surface area (Å²) >= 11 is 0. The van der Waals surface area contributed by atoms with Crippen LogP contribution in [0.15, 0.2) is 23.3 Å². The van der Waals surface area contributed by atoms with Crippen LogP contribution in [0.25, 0.3) is 0 Å². The number of ether oxygens (including phenoxy) is 2. The second-order valence-corrected chi connectivity index (χ2v) is 7.30. The van der Waals surface area contributed by atoms with Crippen molar-refractivity contribution in [1.82, 2.24) is 20.1 Å². The van der Waals surface area contributed by atoms with Crippen molar-refractivity contribution in [3.8, 4) is 5.88 Å². The third-order valence-corrected chi connectivity index (χ3v) is 5.12. The highest BCUT2D eigenvalue weighted by Crippen LogP contribution is 2.17. The van der Waals surface area contributed by atoms with E-state index in [4.69, 9.17) is 14.5 Å². The number of hydrogen-bond acceptors (Lipinski definition) is 5. The van der Waals surface area contributed by atoms with Crippen LogP contribution in [0.3, 0.4) is 0 Å². The lowest BCUT2D eigenvalue weighted by molar-refractivity contribution is -0.142. The van der Waals surface area contributed by atoms with Crippen LogP contribution in [0.2, 0.25) is 0 Å². The first kappa shape index (κ1) is 24.6. The quantitative estimate of drug-likeness (QED) is 0.331. The van der Waals surface area contributed by atoms with Crippen molar-refractivity contribution in [2.24, 2.45) is 4.99 Å². The van der Waals surface area contributed by atoms with E-state index in [1.54, 1.807) is 6.20 Å².